The topological polar surface area (TPSA) is 43.1 Å². The molecule has 0 spiro atoms. The summed E-state index contributed by atoms with van der Waals surface area (Å²) in [6.07, 6.45) is 4.34. The molecular formula is C9H19NO. The molecule has 0 fully saturated rings. The Morgan fingerprint density at radius 3 is 2.55 bits per heavy atom. The van der Waals surface area contributed by atoms with Crippen molar-refractivity contribution in [1.29, 1.82) is 0 Å². The lowest BCUT2D eigenvalue weighted by molar-refractivity contribution is -0.119. The van der Waals surface area contributed by atoms with Gasteiger partial charge in [0.2, 0.25) is 0 Å². The van der Waals surface area contributed by atoms with Crippen LogP contribution in [0.3, 0.4) is 0 Å². The standard InChI is InChI=1S/C9H19NO/c1-3-5-9(11)7-4-6-8(2)10/h8H,3-7,10H2,1-2H3. The molecule has 0 saturated carbocycles. The predicted octanol–water partition coefficient (Wildman–Crippen LogP) is 1.87. The minimum absolute atomic E-state index is 0.240. The largest absolute Gasteiger partial charge is 0.328 e. The molecule has 0 radical (unpaired) electrons. The highest BCUT2D eigenvalue weighted by atomic mass is 16.1. The zero-order valence-corrected chi connectivity index (χ0v) is 7.60. The molecule has 0 aliphatic rings. The van der Waals surface area contributed by atoms with Crippen LogP contribution in [0.5, 0.6) is 0 Å². The fourth-order valence-corrected chi connectivity index (χ4v) is 1.03. The van der Waals surface area contributed by atoms with Gasteiger partial charge in [0.15, 0.2) is 0 Å². The van der Waals surface area contributed by atoms with E-state index in [9.17, 15) is 4.79 Å². The molecule has 0 bridgehead atoms. The summed E-state index contributed by atoms with van der Waals surface area (Å²) in [5.74, 6) is 0.383. The maximum Gasteiger partial charge on any atom is 0.132 e. The first-order valence-corrected chi connectivity index (χ1v) is 4.44. The van der Waals surface area contributed by atoms with Crippen LogP contribution in [0.4, 0.5) is 0 Å². The van der Waals surface area contributed by atoms with E-state index in [-0.39, 0.29) is 6.04 Å². The van der Waals surface area contributed by atoms with Crippen molar-refractivity contribution in [1.82, 2.24) is 0 Å². The number of nitrogens with two attached hydrogens (primary N) is 1. The highest BCUT2D eigenvalue weighted by molar-refractivity contribution is 5.78. The third kappa shape index (κ3) is 7.53. The van der Waals surface area contributed by atoms with Crippen molar-refractivity contribution in [2.75, 3.05) is 0 Å². The molecule has 0 aliphatic heterocycles. The van der Waals surface area contributed by atoms with E-state index in [1.54, 1.807) is 0 Å². The Morgan fingerprint density at radius 1 is 1.45 bits per heavy atom. The van der Waals surface area contributed by atoms with E-state index in [4.69, 9.17) is 5.73 Å². The highest BCUT2D eigenvalue weighted by Crippen LogP contribution is 2.02. The second-order valence-electron chi connectivity index (χ2n) is 3.16. The summed E-state index contributed by atoms with van der Waals surface area (Å²) in [4.78, 5) is 11.0. The van der Waals surface area contributed by atoms with Crippen molar-refractivity contribution in [2.45, 2.75) is 52.0 Å². The van der Waals surface area contributed by atoms with Crippen LogP contribution in [0.25, 0.3) is 0 Å². The van der Waals surface area contributed by atoms with E-state index < -0.39 is 0 Å². The van der Waals surface area contributed by atoms with Crippen molar-refractivity contribution >= 4 is 5.78 Å². The summed E-state index contributed by atoms with van der Waals surface area (Å²) in [7, 11) is 0. The molecule has 0 amide bonds. The van der Waals surface area contributed by atoms with E-state index >= 15 is 0 Å². The first-order chi connectivity index (χ1) is 5.16. The molecule has 0 aromatic heterocycles. The van der Waals surface area contributed by atoms with Crippen LogP contribution in [0.2, 0.25) is 0 Å². The van der Waals surface area contributed by atoms with Gasteiger partial charge in [-0.1, -0.05) is 6.92 Å². The monoisotopic (exact) mass is 157 g/mol. The number of hydrogen-bond donors (Lipinski definition) is 1. The van der Waals surface area contributed by atoms with Gasteiger partial charge in [0.05, 0.1) is 0 Å². The molecule has 2 nitrogen and oxygen atoms in total. The van der Waals surface area contributed by atoms with Gasteiger partial charge < -0.3 is 5.73 Å². The van der Waals surface area contributed by atoms with Crippen LogP contribution in [-0.4, -0.2) is 11.8 Å². The average Bonchev–Trinajstić information content (AvgIpc) is 1.87. The molecule has 2 N–H and O–H groups in total. The summed E-state index contributed by atoms with van der Waals surface area (Å²) < 4.78 is 0. The molecule has 1 unspecified atom stereocenters. The molecular weight excluding hydrogens is 138 g/mol. The Kier molecular flexibility index (Phi) is 6.13. The summed E-state index contributed by atoms with van der Waals surface area (Å²) in [6.45, 7) is 4.01. The molecule has 66 valence electrons. The summed E-state index contributed by atoms with van der Waals surface area (Å²) in [5, 5.41) is 0. The second-order valence-corrected chi connectivity index (χ2v) is 3.16. The summed E-state index contributed by atoms with van der Waals surface area (Å²) >= 11 is 0. The van der Waals surface area contributed by atoms with E-state index in [1.807, 2.05) is 13.8 Å². The van der Waals surface area contributed by atoms with Gasteiger partial charge in [-0.15, -0.1) is 0 Å². The number of Topliss-reactive ketones (excluding diaryl/α,β-unsaturated/α-hetero) is 1. The maximum absolute atomic E-state index is 11.0. The molecule has 0 aromatic carbocycles. The number of carbonyl (C=O) groups is 1. The van der Waals surface area contributed by atoms with Crippen molar-refractivity contribution < 1.29 is 4.79 Å². The predicted molar refractivity (Wildman–Crippen MR) is 47.4 cm³/mol. The molecule has 11 heavy (non-hydrogen) atoms. The van der Waals surface area contributed by atoms with Crippen molar-refractivity contribution in [3.05, 3.63) is 0 Å². The first kappa shape index (κ1) is 10.6. The van der Waals surface area contributed by atoms with E-state index in [0.29, 0.717) is 5.78 Å². The zero-order chi connectivity index (χ0) is 8.69. The van der Waals surface area contributed by atoms with Gasteiger partial charge in [0.1, 0.15) is 5.78 Å². The average molecular weight is 157 g/mol. The van der Waals surface area contributed by atoms with Crippen LogP contribution in [-0.2, 0) is 4.79 Å². The molecule has 0 aliphatic carbocycles. The number of ketones is 1. The van der Waals surface area contributed by atoms with Gasteiger partial charge in [0.25, 0.3) is 0 Å². The normalized spacial score (nSPS) is 13.0. The Labute approximate surface area is 69.2 Å². The van der Waals surface area contributed by atoms with Gasteiger partial charge in [-0.2, -0.15) is 0 Å². The number of rotatable bonds is 6. The van der Waals surface area contributed by atoms with Crippen molar-refractivity contribution in [2.24, 2.45) is 5.73 Å². The van der Waals surface area contributed by atoms with E-state index in [1.165, 1.54) is 0 Å². The van der Waals surface area contributed by atoms with E-state index in [0.717, 1.165) is 32.1 Å². The third-order valence-electron chi connectivity index (χ3n) is 1.64. The number of hydrogen-bond acceptors (Lipinski definition) is 2. The quantitative estimate of drug-likeness (QED) is 0.639. The minimum atomic E-state index is 0.240. The van der Waals surface area contributed by atoms with Crippen LogP contribution < -0.4 is 5.73 Å². The van der Waals surface area contributed by atoms with Gasteiger partial charge in [-0.3, -0.25) is 4.79 Å². The maximum atomic E-state index is 11.0. The van der Waals surface area contributed by atoms with Gasteiger partial charge in [0, 0.05) is 18.9 Å². The lowest BCUT2D eigenvalue weighted by atomic mass is 10.1. The Hall–Kier alpha value is -0.370. The highest BCUT2D eigenvalue weighted by Gasteiger charge is 2.00. The molecule has 0 heterocycles. The molecule has 0 rings (SSSR count). The Balaban J connectivity index is 3.17. The van der Waals surface area contributed by atoms with E-state index in [2.05, 4.69) is 0 Å². The van der Waals surface area contributed by atoms with Crippen LogP contribution >= 0.6 is 0 Å². The van der Waals surface area contributed by atoms with Gasteiger partial charge in [-0.25, -0.2) is 0 Å². The Bertz CT molecular complexity index is 110. The third-order valence-corrected chi connectivity index (χ3v) is 1.64. The lowest BCUT2D eigenvalue weighted by Crippen LogP contribution is -2.14. The zero-order valence-electron chi connectivity index (χ0n) is 7.60. The van der Waals surface area contributed by atoms with Crippen LogP contribution in [0.1, 0.15) is 46.0 Å². The minimum Gasteiger partial charge on any atom is -0.328 e. The molecule has 2 heteroatoms. The molecule has 1 atom stereocenters. The van der Waals surface area contributed by atoms with Gasteiger partial charge in [-0.05, 0) is 26.2 Å². The first-order valence-electron chi connectivity index (χ1n) is 4.44. The SMILES string of the molecule is CCCC(=O)CCCC(C)N. The molecule has 0 saturated heterocycles. The molecule has 0 aromatic rings. The smallest absolute Gasteiger partial charge is 0.132 e. The van der Waals surface area contributed by atoms with Gasteiger partial charge >= 0.3 is 0 Å². The Morgan fingerprint density at radius 2 is 2.09 bits per heavy atom. The summed E-state index contributed by atoms with van der Waals surface area (Å²) in [6, 6.07) is 0.240. The lowest BCUT2D eigenvalue weighted by Gasteiger charge is -2.02. The second kappa shape index (κ2) is 6.35. The van der Waals surface area contributed by atoms with Crippen LogP contribution in [0, 0.1) is 0 Å². The van der Waals surface area contributed by atoms with Crippen LogP contribution in [0.15, 0.2) is 0 Å². The number of carbonyl (C=O) groups excluding carboxylic acids is 1. The fraction of sp³-hybridized carbons (Fsp3) is 0.889. The fourth-order valence-electron chi connectivity index (χ4n) is 1.03. The summed E-state index contributed by atoms with van der Waals surface area (Å²) in [5.41, 5.74) is 5.54. The van der Waals surface area contributed by atoms with Crippen molar-refractivity contribution in [3.8, 4) is 0 Å². The van der Waals surface area contributed by atoms with Crippen molar-refractivity contribution in [3.63, 3.8) is 0 Å².